The molecule has 164 valence electrons. The number of rotatable bonds is 4. The van der Waals surface area contributed by atoms with Gasteiger partial charge in [-0.1, -0.05) is 30.3 Å². The van der Waals surface area contributed by atoms with Crippen LogP contribution in [0.1, 0.15) is 29.5 Å². The second-order valence-corrected chi connectivity index (χ2v) is 8.05. The van der Waals surface area contributed by atoms with Gasteiger partial charge < -0.3 is 10.6 Å². The summed E-state index contributed by atoms with van der Waals surface area (Å²) in [5.74, 6) is -0.514. The van der Waals surface area contributed by atoms with Crippen molar-refractivity contribution in [2.75, 3.05) is 22.1 Å². The van der Waals surface area contributed by atoms with Crippen molar-refractivity contribution in [3.8, 4) is 0 Å². The van der Waals surface area contributed by atoms with Crippen LogP contribution in [0.3, 0.4) is 0 Å². The van der Waals surface area contributed by atoms with Gasteiger partial charge in [-0.25, -0.2) is 9.18 Å². The minimum Gasteiger partial charge on any atom is -0.326 e. The monoisotopic (exact) mass is 431 g/mol. The van der Waals surface area contributed by atoms with E-state index in [9.17, 15) is 14.0 Å². The molecule has 0 unspecified atom stereocenters. The number of halogens is 1. The van der Waals surface area contributed by atoms with Crippen molar-refractivity contribution < 1.29 is 14.0 Å². The highest BCUT2D eigenvalue weighted by atomic mass is 19.1. The number of urea groups is 1. The van der Waals surface area contributed by atoms with Gasteiger partial charge in [-0.05, 0) is 79.3 Å². The third kappa shape index (κ3) is 5.14. The first-order valence-electron chi connectivity index (χ1n) is 10.8. The van der Waals surface area contributed by atoms with Crippen LogP contribution in [0.25, 0.3) is 0 Å². The summed E-state index contributed by atoms with van der Waals surface area (Å²) in [4.78, 5) is 27.1. The molecule has 4 rings (SSSR count). The number of nitrogens with zero attached hydrogens (tertiary/aromatic N) is 1. The lowest BCUT2D eigenvalue weighted by atomic mass is 10.1. The van der Waals surface area contributed by atoms with Crippen molar-refractivity contribution in [2.45, 2.75) is 32.6 Å². The molecule has 0 saturated carbocycles. The molecule has 0 bridgehead atoms. The zero-order valence-electron chi connectivity index (χ0n) is 18.0. The number of hydrogen-bond donors (Lipinski definition) is 2. The number of benzene rings is 3. The number of hydrogen-bond acceptors (Lipinski definition) is 2. The van der Waals surface area contributed by atoms with Crippen LogP contribution in [0.4, 0.5) is 26.2 Å². The van der Waals surface area contributed by atoms with E-state index >= 15 is 0 Å². The lowest BCUT2D eigenvalue weighted by Crippen LogP contribution is -2.35. The smallest absolute Gasteiger partial charge is 0.326 e. The van der Waals surface area contributed by atoms with Gasteiger partial charge in [0, 0.05) is 23.6 Å². The predicted molar refractivity (Wildman–Crippen MR) is 126 cm³/mol. The lowest BCUT2D eigenvalue weighted by Gasteiger charge is -2.23. The Labute approximate surface area is 187 Å². The van der Waals surface area contributed by atoms with Gasteiger partial charge in [0.1, 0.15) is 5.82 Å². The topological polar surface area (TPSA) is 61.4 Å². The second-order valence-electron chi connectivity index (χ2n) is 8.05. The fourth-order valence-electron chi connectivity index (χ4n) is 3.95. The summed E-state index contributed by atoms with van der Waals surface area (Å²) in [7, 11) is 0. The third-order valence-corrected chi connectivity index (χ3v) is 5.64. The molecule has 3 aromatic carbocycles. The molecule has 1 heterocycles. The number of para-hydroxylation sites is 1. The second kappa shape index (κ2) is 9.64. The van der Waals surface area contributed by atoms with Crippen LogP contribution in [0.5, 0.6) is 0 Å². The van der Waals surface area contributed by atoms with Gasteiger partial charge in [0.2, 0.25) is 5.91 Å². The number of nitrogens with one attached hydrogen (secondary N) is 2. The van der Waals surface area contributed by atoms with Gasteiger partial charge in [-0.2, -0.15) is 0 Å². The van der Waals surface area contributed by atoms with E-state index in [1.165, 1.54) is 17.7 Å². The molecular weight excluding hydrogens is 405 g/mol. The summed E-state index contributed by atoms with van der Waals surface area (Å²) in [5, 5.41) is 5.77. The maximum Gasteiger partial charge on any atom is 0.326 e. The van der Waals surface area contributed by atoms with E-state index in [0.29, 0.717) is 23.5 Å². The van der Waals surface area contributed by atoms with Crippen LogP contribution >= 0.6 is 0 Å². The largest absolute Gasteiger partial charge is 0.326 e. The molecule has 0 saturated heterocycles. The first kappa shape index (κ1) is 21.6. The zero-order chi connectivity index (χ0) is 22.5. The van der Waals surface area contributed by atoms with Gasteiger partial charge in [0.05, 0.1) is 6.42 Å². The Balaban J connectivity index is 1.37. The summed E-state index contributed by atoms with van der Waals surface area (Å²) in [5.41, 5.74) is 4.92. The van der Waals surface area contributed by atoms with Gasteiger partial charge >= 0.3 is 6.03 Å². The Kier molecular flexibility index (Phi) is 6.50. The van der Waals surface area contributed by atoms with Crippen molar-refractivity contribution in [3.05, 3.63) is 89.2 Å². The number of amides is 3. The molecule has 0 radical (unpaired) electrons. The van der Waals surface area contributed by atoms with Crippen LogP contribution in [0, 0.1) is 12.7 Å². The van der Waals surface area contributed by atoms with Gasteiger partial charge in [0.15, 0.2) is 0 Å². The van der Waals surface area contributed by atoms with Crippen LogP contribution in [-0.2, 0) is 17.6 Å². The molecule has 0 fully saturated rings. The predicted octanol–water partition coefficient (Wildman–Crippen LogP) is 5.69. The molecule has 3 amide bonds. The quantitative estimate of drug-likeness (QED) is 0.557. The molecule has 0 atom stereocenters. The fourth-order valence-corrected chi connectivity index (χ4v) is 3.95. The van der Waals surface area contributed by atoms with Crippen molar-refractivity contribution >= 4 is 29.0 Å². The van der Waals surface area contributed by atoms with E-state index in [1.54, 1.807) is 30.0 Å². The first-order valence-corrected chi connectivity index (χ1v) is 10.8. The number of fused-ring (bicyclic) bond motifs is 1. The Morgan fingerprint density at radius 1 is 0.969 bits per heavy atom. The number of carbonyl (C=O) groups is 2. The summed E-state index contributed by atoms with van der Waals surface area (Å²) in [6.07, 6.45) is 3.19. The molecular formula is C26H26FN3O2. The summed E-state index contributed by atoms with van der Waals surface area (Å²) >= 11 is 0. The van der Waals surface area contributed by atoms with Crippen molar-refractivity contribution in [3.63, 3.8) is 0 Å². The van der Waals surface area contributed by atoms with Crippen LogP contribution in [0.15, 0.2) is 66.7 Å². The summed E-state index contributed by atoms with van der Waals surface area (Å²) in [6.45, 7) is 2.43. The van der Waals surface area contributed by atoms with Crippen molar-refractivity contribution in [1.29, 1.82) is 0 Å². The highest BCUT2D eigenvalue weighted by molar-refractivity contribution is 6.02. The molecule has 2 N–H and O–H groups in total. The van der Waals surface area contributed by atoms with E-state index < -0.39 is 0 Å². The normalized spacial score (nSPS) is 13.1. The molecule has 6 heteroatoms. The minimum atomic E-state index is -0.332. The zero-order valence-corrected chi connectivity index (χ0v) is 18.0. The van der Waals surface area contributed by atoms with E-state index in [2.05, 4.69) is 16.7 Å². The highest BCUT2D eigenvalue weighted by Crippen LogP contribution is 2.27. The Bertz CT molecular complexity index is 1130. The number of carbonyl (C=O) groups excluding carboxylic acids is 2. The van der Waals surface area contributed by atoms with E-state index in [4.69, 9.17) is 0 Å². The maximum atomic E-state index is 13.2. The molecule has 3 aromatic rings. The summed E-state index contributed by atoms with van der Waals surface area (Å²) in [6, 6.07) is 19.4. The van der Waals surface area contributed by atoms with Crippen molar-refractivity contribution in [1.82, 2.24) is 0 Å². The Morgan fingerprint density at radius 2 is 1.75 bits per heavy atom. The molecule has 32 heavy (non-hydrogen) atoms. The van der Waals surface area contributed by atoms with Crippen LogP contribution in [-0.4, -0.2) is 18.5 Å². The molecule has 0 spiro atoms. The van der Waals surface area contributed by atoms with E-state index in [1.807, 2.05) is 30.3 Å². The van der Waals surface area contributed by atoms with Gasteiger partial charge in [-0.3, -0.25) is 9.69 Å². The minimum absolute atomic E-state index is 0.156. The van der Waals surface area contributed by atoms with Crippen LogP contribution < -0.4 is 15.5 Å². The molecule has 1 aliphatic heterocycles. The summed E-state index contributed by atoms with van der Waals surface area (Å²) < 4.78 is 13.2. The SMILES string of the molecule is Cc1cc(F)ccc1NC(=O)Cc1ccc(NC(=O)N2CCCCc3ccccc32)cc1. The van der Waals surface area contributed by atoms with Crippen molar-refractivity contribution in [2.24, 2.45) is 0 Å². The molecule has 0 aliphatic carbocycles. The molecule has 5 nitrogen and oxygen atoms in total. The highest BCUT2D eigenvalue weighted by Gasteiger charge is 2.20. The fraction of sp³-hybridized carbons (Fsp3) is 0.231. The van der Waals surface area contributed by atoms with Gasteiger partial charge in [0.25, 0.3) is 0 Å². The maximum absolute atomic E-state index is 13.2. The average molecular weight is 432 g/mol. The molecule has 0 aromatic heterocycles. The lowest BCUT2D eigenvalue weighted by molar-refractivity contribution is -0.115. The third-order valence-electron chi connectivity index (χ3n) is 5.64. The van der Waals surface area contributed by atoms with Gasteiger partial charge in [-0.15, -0.1) is 0 Å². The Morgan fingerprint density at radius 3 is 2.53 bits per heavy atom. The van der Waals surface area contributed by atoms with Crippen LogP contribution in [0.2, 0.25) is 0 Å². The van der Waals surface area contributed by atoms with E-state index in [-0.39, 0.29) is 24.2 Å². The molecule has 1 aliphatic rings. The standard InChI is InChI=1S/C26H26FN3O2/c1-18-16-21(27)11-14-23(18)29-25(31)17-19-9-12-22(13-10-19)28-26(32)30-15-5-4-7-20-6-2-3-8-24(20)30/h2-3,6,8-14,16H,4-5,7,15,17H2,1H3,(H,28,32)(H,29,31). The Hall–Kier alpha value is -3.67. The van der Waals surface area contributed by atoms with E-state index in [0.717, 1.165) is 30.5 Å². The number of anilines is 3. The first-order chi connectivity index (χ1) is 15.5. The average Bonchev–Trinajstić information content (AvgIpc) is 3.00. The number of aryl methyl sites for hydroxylation is 2.